The van der Waals surface area contributed by atoms with Gasteiger partial charge in [-0.25, -0.2) is 13.2 Å². The van der Waals surface area contributed by atoms with Crippen LogP contribution in [0.2, 0.25) is 0 Å². The quantitative estimate of drug-likeness (QED) is 0.0292. The molecule has 23 nitrogen and oxygen atoms in total. The summed E-state index contributed by atoms with van der Waals surface area (Å²) in [5.74, 6) is -4.94. The number of hydrogen-bond donors (Lipinski definition) is 8. The van der Waals surface area contributed by atoms with Gasteiger partial charge in [0.2, 0.25) is 29.5 Å². The number of carbonyl (C=O) groups excluding carboxylic acids is 8. The normalized spacial score (nSPS) is 17.8. The Kier molecular flexibility index (Phi) is 16.3. The molecule has 3 aromatic carbocycles. The maximum absolute atomic E-state index is 14.8. The molecule has 2 aliphatic heterocycles. The van der Waals surface area contributed by atoms with Gasteiger partial charge in [-0.2, -0.15) is 0 Å². The van der Waals surface area contributed by atoms with E-state index in [1.54, 1.807) is 25.3 Å². The number of imidazole rings is 1. The van der Waals surface area contributed by atoms with Gasteiger partial charge in [0.15, 0.2) is 15.6 Å². The van der Waals surface area contributed by atoms with E-state index >= 15 is 0 Å². The van der Waals surface area contributed by atoms with Gasteiger partial charge in [0.05, 0.1) is 33.6 Å². The van der Waals surface area contributed by atoms with E-state index in [0.717, 1.165) is 49.6 Å². The first kappa shape index (κ1) is 56.7. The molecular formula is C55H60N9O14PS. The minimum absolute atomic E-state index is 0.00919. The van der Waals surface area contributed by atoms with Crippen LogP contribution in [0, 0.1) is 5.92 Å². The molecule has 6 amide bonds. The maximum Gasteiger partial charge on any atom is 0.396 e. The van der Waals surface area contributed by atoms with Crippen molar-refractivity contribution < 1.29 is 61.1 Å². The Labute approximate surface area is 457 Å². The zero-order valence-electron chi connectivity index (χ0n) is 43.8. The number of amides is 6. The fourth-order valence-corrected chi connectivity index (χ4v) is 11.9. The number of hydrogen-bond acceptors (Lipinski definition) is 12. The Morgan fingerprint density at radius 1 is 0.875 bits per heavy atom. The fourth-order valence-electron chi connectivity index (χ4n) is 10.8. The zero-order valence-corrected chi connectivity index (χ0v) is 45.5. The van der Waals surface area contributed by atoms with E-state index in [2.05, 4.69) is 26.3 Å². The highest BCUT2D eigenvalue weighted by Gasteiger charge is 2.39. The average Bonchev–Trinajstić information content (AvgIpc) is 4.13. The second-order valence-electron chi connectivity index (χ2n) is 20.7. The van der Waals surface area contributed by atoms with E-state index in [0.29, 0.717) is 51.7 Å². The van der Waals surface area contributed by atoms with E-state index in [-0.39, 0.29) is 78.4 Å². The average molecular weight is 1130 g/mol. The smallest absolute Gasteiger partial charge is 0.370 e. The Morgan fingerprint density at radius 2 is 1.60 bits per heavy atom. The highest BCUT2D eigenvalue weighted by molar-refractivity contribution is 7.90. The standard InChI is InChI=1S/C55H60N9O14PS/c1-62-45-23-30(11-17-43(45)64(55(62)73)44-18-20-47(66)61-53(44)71)7-5-3-4-6-8-36-26-34-25-35(50(68)60-41(16-19-46(56)65)51(69)57-29-31-9-13-37(14-10-31)80(2,77)78)27-38-48(34)63(36)22-21-40(49(38)67)59-52(70)42-28-33-24-32(12-15-39(33)58-42)54(72)79(74,75)76/h9-15,17,23-24,26-28,35,40-41,44,58H,3-8,16,18-22,25,29H2,1-2H3,(H2,56,65)(H,57,69)(H,59,70)(H,60,68)(H,61,66,71)(H2,74,75,76)/t35-,40-,41?,44?/m0/s1. The SMILES string of the molecule is Cn1c(=O)n(C2CCC(=O)NC2=O)c2ccc(CCCCCCc3cc4c5n3CC[C@H](NC(=O)c3cc6cc(C(=O)P(=O)(O)O)ccc6[nH]3)C(=O)C5=C[C@@H](C(=O)NC(CCC(N)=O)C(=O)NCc3ccc(S(C)(=O)=O)cc3)C4)cc21. The summed E-state index contributed by atoms with van der Waals surface area (Å²) in [5, 5.41) is 11.0. The van der Waals surface area contributed by atoms with Crippen LogP contribution in [0.5, 0.6) is 0 Å². The van der Waals surface area contributed by atoms with Gasteiger partial charge in [0.1, 0.15) is 17.8 Å². The molecule has 3 aromatic heterocycles. The number of H-pyrrole nitrogens is 1. The Morgan fingerprint density at radius 3 is 2.30 bits per heavy atom. The number of piperidine rings is 1. The van der Waals surface area contributed by atoms with Crippen LogP contribution >= 0.6 is 7.60 Å². The molecule has 9 N–H and O–H groups in total. The number of primary amides is 1. The molecule has 25 heteroatoms. The molecular weight excluding hydrogens is 1070 g/mol. The van der Waals surface area contributed by atoms with Gasteiger partial charge in [0, 0.05) is 67.0 Å². The van der Waals surface area contributed by atoms with E-state index < -0.39 is 82.3 Å². The molecule has 1 saturated heterocycles. The minimum atomic E-state index is -5.09. The Bertz CT molecular complexity index is 3810. The summed E-state index contributed by atoms with van der Waals surface area (Å²) in [5.41, 5.74) is 9.19. The first-order valence-electron chi connectivity index (χ1n) is 26.2. The molecule has 5 heterocycles. The molecule has 2 unspecified atom stereocenters. The molecule has 1 aliphatic carbocycles. The number of fused-ring (bicyclic) bond motifs is 2. The number of Topliss-reactive ketones (excluding diaryl/α,β-unsaturated/α-hetero) is 1. The summed E-state index contributed by atoms with van der Waals surface area (Å²) in [4.78, 5) is 141. The number of nitrogens with one attached hydrogen (secondary N) is 5. The van der Waals surface area contributed by atoms with Crippen molar-refractivity contribution in [1.82, 2.24) is 40.0 Å². The van der Waals surface area contributed by atoms with Crippen molar-refractivity contribution in [1.29, 1.82) is 0 Å². The highest BCUT2D eigenvalue weighted by atomic mass is 32.2. The second-order valence-corrected chi connectivity index (χ2v) is 24.2. The summed E-state index contributed by atoms with van der Waals surface area (Å²) in [6, 6.07) is 15.8. The molecule has 420 valence electrons. The van der Waals surface area contributed by atoms with Crippen molar-refractivity contribution in [2.24, 2.45) is 18.7 Å². The molecule has 1 fully saturated rings. The van der Waals surface area contributed by atoms with Crippen molar-refractivity contribution in [3.63, 3.8) is 0 Å². The second kappa shape index (κ2) is 23.0. The van der Waals surface area contributed by atoms with E-state index in [1.165, 1.54) is 45.5 Å². The van der Waals surface area contributed by atoms with Crippen molar-refractivity contribution >= 4 is 91.7 Å². The first-order valence-corrected chi connectivity index (χ1v) is 29.7. The van der Waals surface area contributed by atoms with Crippen LogP contribution in [0.15, 0.2) is 88.6 Å². The molecule has 3 aliphatic rings. The number of nitrogens with zero attached hydrogens (tertiary/aromatic N) is 3. The number of benzene rings is 3. The van der Waals surface area contributed by atoms with Gasteiger partial charge in [-0.1, -0.05) is 37.1 Å². The van der Waals surface area contributed by atoms with Gasteiger partial charge in [-0.05, 0) is 123 Å². The summed E-state index contributed by atoms with van der Waals surface area (Å²) in [6.07, 6.45) is 7.57. The van der Waals surface area contributed by atoms with E-state index in [4.69, 9.17) is 5.73 Å². The van der Waals surface area contributed by atoms with Crippen LogP contribution in [0.4, 0.5) is 0 Å². The maximum atomic E-state index is 14.8. The van der Waals surface area contributed by atoms with Gasteiger partial charge >= 0.3 is 13.3 Å². The lowest BCUT2D eigenvalue weighted by Gasteiger charge is -2.25. The lowest BCUT2D eigenvalue weighted by molar-refractivity contribution is -0.136. The number of rotatable bonds is 21. The lowest BCUT2D eigenvalue weighted by atomic mass is 9.85. The number of imide groups is 1. The fraction of sp³-hybridized carbons (Fsp3) is 0.364. The molecule has 0 radical (unpaired) electrons. The van der Waals surface area contributed by atoms with Crippen molar-refractivity contribution in [2.75, 3.05) is 6.26 Å². The van der Waals surface area contributed by atoms with Gasteiger partial charge in [-0.15, -0.1) is 0 Å². The predicted octanol–water partition coefficient (Wildman–Crippen LogP) is 3.06. The van der Waals surface area contributed by atoms with Gasteiger partial charge in [0.25, 0.3) is 11.4 Å². The predicted molar refractivity (Wildman–Crippen MR) is 291 cm³/mol. The van der Waals surface area contributed by atoms with Crippen LogP contribution in [0.1, 0.15) is 113 Å². The van der Waals surface area contributed by atoms with Crippen LogP contribution in [-0.4, -0.2) is 102 Å². The zero-order chi connectivity index (χ0) is 57.4. The van der Waals surface area contributed by atoms with Gasteiger partial charge in [-0.3, -0.25) is 57.4 Å². The number of sulfone groups is 1. The number of aryl methyl sites for hydroxylation is 3. The summed E-state index contributed by atoms with van der Waals surface area (Å²) < 4.78 is 40.6. The largest absolute Gasteiger partial charge is 0.396 e. The lowest BCUT2D eigenvalue weighted by Crippen LogP contribution is -2.49. The summed E-state index contributed by atoms with van der Waals surface area (Å²) in [6.45, 7) is 0.291. The van der Waals surface area contributed by atoms with Crippen LogP contribution in [-0.2, 0) is 82.6 Å². The molecule has 9 rings (SSSR count). The Balaban J connectivity index is 0.909. The van der Waals surface area contributed by atoms with Gasteiger partial charge < -0.3 is 41.0 Å². The number of aromatic amines is 1. The minimum Gasteiger partial charge on any atom is -0.370 e. The number of carbonyl (C=O) groups is 8. The first-order chi connectivity index (χ1) is 37.9. The number of ketones is 1. The number of aromatic nitrogens is 4. The third-order valence-corrected chi connectivity index (χ3v) is 16.9. The third kappa shape index (κ3) is 12.2. The summed E-state index contributed by atoms with van der Waals surface area (Å²) in [7, 11) is -6.90. The molecule has 6 aromatic rings. The highest BCUT2D eigenvalue weighted by Crippen LogP contribution is 2.40. The summed E-state index contributed by atoms with van der Waals surface area (Å²) >= 11 is 0. The molecule has 0 bridgehead atoms. The number of nitrogens with two attached hydrogens (primary N) is 1. The van der Waals surface area contributed by atoms with Crippen molar-refractivity contribution in [2.45, 2.75) is 113 Å². The van der Waals surface area contributed by atoms with Crippen LogP contribution < -0.4 is 32.7 Å². The molecule has 80 heavy (non-hydrogen) atoms. The Hall–Kier alpha value is -8.05. The van der Waals surface area contributed by atoms with Crippen molar-refractivity contribution in [3.8, 4) is 0 Å². The van der Waals surface area contributed by atoms with Crippen LogP contribution in [0.3, 0.4) is 0 Å². The topological polar surface area (TPSA) is 350 Å². The third-order valence-electron chi connectivity index (χ3n) is 15.0. The number of unbranched alkanes of at least 4 members (excludes halogenated alkanes) is 3. The van der Waals surface area contributed by atoms with Crippen LogP contribution in [0.25, 0.3) is 27.5 Å². The van der Waals surface area contributed by atoms with Crippen molar-refractivity contribution in [3.05, 3.63) is 129 Å². The monoisotopic (exact) mass is 1130 g/mol. The van der Waals surface area contributed by atoms with E-state index in [9.17, 15) is 65.9 Å². The van der Waals surface area contributed by atoms with E-state index in [1.807, 2.05) is 28.8 Å². The molecule has 4 atom stereocenters. The molecule has 0 saturated carbocycles. The molecule has 0 spiro atoms.